The molecule has 8 nitrogen and oxygen atoms in total. The average molecular weight is 292 g/mol. The number of rotatable bonds is 5. The molecule has 0 radical (unpaired) electrons. The molecular formula is C13H20N6O2. The zero-order valence-electron chi connectivity index (χ0n) is 12.7. The van der Waals surface area contributed by atoms with Crippen LogP contribution in [0, 0.1) is 6.92 Å². The van der Waals surface area contributed by atoms with Gasteiger partial charge in [0.25, 0.3) is 0 Å². The van der Waals surface area contributed by atoms with Crippen molar-refractivity contribution in [2.24, 2.45) is 0 Å². The summed E-state index contributed by atoms with van der Waals surface area (Å²) in [4.78, 5) is 24.9. The van der Waals surface area contributed by atoms with Crippen LogP contribution in [0.4, 0.5) is 4.79 Å². The van der Waals surface area contributed by atoms with Crippen molar-refractivity contribution in [1.29, 1.82) is 0 Å². The van der Waals surface area contributed by atoms with E-state index in [2.05, 4.69) is 25.4 Å². The van der Waals surface area contributed by atoms with Gasteiger partial charge in [-0.2, -0.15) is 4.98 Å². The number of hydrogen-bond acceptors (Lipinski definition) is 5. The van der Waals surface area contributed by atoms with Gasteiger partial charge in [0.05, 0.1) is 13.1 Å². The summed E-state index contributed by atoms with van der Waals surface area (Å²) in [6.45, 7) is 6.48. The molecule has 0 saturated carbocycles. The molecule has 2 aromatic heterocycles. The number of aromatic amines is 1. The Morgan fingerprint density at radius 3 is 2.86 bits per heavy atom. The predicted molar refractivity (Wildman–Crippen MR) is 75.4 cm³/mol. The second-order valence-electron chi connectivity index (χ2n) is 5.23. The molecule has 2 heterocycles. The van der Waals surface area contributed by atoms with E-state index in [0.29, 0.717) is 18.3 Å². The van der Waals surface area contributed by atoms with E-state index in [0.717, 1.165) is 11.5 Å². The van der Waals surface area contributed by atoms with Crippen LogP contribution in [0.3, 0.4) is 0 Å². The van der Waals surface area contributed by atoms with Crippen molar-refractivity contribution in [3.8, 4) is 0 Å². The molecule has 2 N–H and O–H groups in total. The van der Waals surface area contributed by atoms with E-state index in [-0.39, 0.29) is 18.5 Å². The largest absolute Gasteiger partial charge is 0.345 e. The number of H-pyrrole nitrogens is 1. The van der Waals surface area contributed by atoms with E-state index >= 15 is 0 Å². The number of carbonyl (C=O) groups excluding carboxylic acids is 1. The second-order valence-corrected chi connectivity index (χ2v) is 5.23. The van der Waals surface area contributed by atoms with Crippen LogP contribution in [0.2, 0.25) is 0 Å². The number of carbonyl (C=O) groups is 1. The van der Waals surface area contributed by atoms with Crippen molar-refractivity contribution < 1.29 is 9.32 Å². The third-order valence-electron chi connectivity index (χ3n) is 2.88. The molecule has 2 amide bonds. The van der Waals surface area contributed by atoms with Gasteiger partial charge in [-0.1, -0.05) is 19.0 Å². The first kappa shape index (κ1) is 15.0. The summed E-state index contributed by atoms with van der Waals surface area (Å²) < 4.78 is 5.06. The van der Waals surface area contributed by atoms with E-state index in [1.807, 2.05) is 20.8 Å². The van der Waals surface area contributed by atoms with E-state index in [1.54, 1.807) is 13.2 Å². The first-order valence-electron chi connectivity index (χ1n) is 6.77. The van der Waals surface area contributed by atoms with Crippen LogP contribution in [-0.4, -0.2) is 38.1 Å². The molecule has 0 fully saturated rings. The van der Waals surface area contributed by atoms with Crippen molar-refractivity contribution in [1.82, 2.24) is 30.3 Å². The predicted octanol–water partition coefficient (Wildman–Crippen LogP) is 1.57. The van der Waals surface area contributed by atoms with Crippen molar-refractivity contribution in [3.05, 3.63) is 29.4 Å². The fraction of sp³-hybridized carbons (Fsp3) is 0.538. The number of urea groups is 1. The summed E-state index contributed by atoms with van der Waals surface area (Å²) in [6, 6.07) is -0.228. The molecule has 0 atom stereocenters. The highest BCUT2D eigenvalue weighted by atomic mass is 16.5. The first-order chi connectivity index (χ1) is 9.95. The topological polar surface area (TPSA) is 99.9 Å². The van der Waals surface area contributed by atoms with Gasteiger partial charge in [0.15, 0.2) is 5.82 Å². The van der Waals surface area contributed by atoms with Gasteiger partial charge >= 0.3 is 6.03 Å². The third-order valence-corrected chi connectivity index (χ3v) is 2.88. The molecule has 8 heteroatoms. The van der Waals surface area contributed by atoms with Crippen molar-refractivity contribution in [2.45, 2.75) is 39.8 Å². The smallest absolute Gasteiger partial charge is 0.317 e. The Morgan fingerprint density at radius 2 is 2.29 bits per heavy atom. The van der Waals surface area contributed by atoms with Gasteiger partial charge in [0, 0.05) is 24.9 Å². The van der Waals surface area contributed by atoms with Gasteiger partial charge in [0.2, 0.25) is 5.89 Å². The first-order valence-corrected chi connectivity index (χ1v) is 6.77. The average Bonchev–Trinajstić information content (AvgIpc) is 3.05. The minimum Gasteiger partial charge on any atom is -0.345 e. The van der Waals surface area contributed by atoms with Crippen LogP contribution in [0.5, 0.6) is 0 Å². The van der Waals surface area contributed by atoms with Crippen LogP contribution < -0.4 is 5.32 Å². The number of amides is 2. The Morgan fingerprint density at radius 1 is 1.52 bits per heavy atom. The zero-order chi connectivity index (χ0) is 15.4. The molecule has 0 unspecified atom stereocenters. The highest BCUT2D eigenvalue weighted by molar-refractivity contribution is 5.73. The van der Waals surface area contributed by atoms with Crippen LogP contribution >= 0.6 is 0 Å². The van der Waals surface area contributed by atoms with Crippen molar-refractivity contribution >= 4 is 6.03 Å². The summed E-state index contributed by atoms with van der Waals surface area (Å²) >= 11 is 0. The number of imidazole rings is 1. The molecule has 2 rings (SSSR count). The zero-order valence-corrected chi connectivity index (χ0v) is 12.7. The van der Waals surface area contributed by atoms with Crippen LogP contribution in [-0.2, 0) is 13.1 Å². The summed E-state index contributed by atoms with van der Waals surface area (Å²) in [5, 5.41) is 6.57. The normalized spacial score (nSPS) is 10.9. The van der Waals surface area contributed by atoms with Gasteiger partial charge in [-0.15, -0.1) is 0 Å². The maximum atomic E-state index is 12.0. The molecule has 0 aliphatic rings. The van der Waals surface area contributed by atoms with Crippen LogP contribution in [0.25, 0.3) is 0 Å². The quantitative estimate of drug-likeness (QED) is 0.871. The molecule has 2 aromatic rings. The summed E-state index contributed by atoms with van der Waals surface area (Å²) in [6.07, 6.45) is 1.73. The Bertz CT molecular complexity index is 603. The molecule has 0 aliphatic carbocycles. The van der Waals surface area contributed by atoms with E-state index in [9.17, 15) is 4.79 Å². The lowest BCUT2D eigenvalue weighted by molar-refractivity contribution is 0.203. The summed E-state index contributed by atoms with van der Waals surface area (Å²) in [5.74, 6) is 1.97. The lowest BCUT2D eigenvalue weighted by atomic mass is 10.2. The molecule has 0 bridgehead atoms. The van der Waals surface area contributed by atoms with Crippen LogP contribution in [0.1, 0.15) is 43.0 Å². The fourth-order valence-corrected chi connectivity index (χ4v) is 1.70. The van der Waals surface area contributed by atoms with E-state index < -0.39 is 0 Å². The van der Waals surface area contributed by atoms with E-state index in [4.69, 9.17) is 4.52 Å². The number of aryl methyl sites for hydroxylation is 1. The number of aromatic nitrogens is 4. The number of hydrogen-bond donors (Lipinski definition) is 2. The number of nitrogens with zero attached hydrogens (tertiary/aromatic N) is 4. The Labute approximate surface area is 122 Å². The maximum Gasteiger partial charge on any atom is 0.317 e. The molecule has 0 aromatic carbocycles. The molecule has 0 aliphatic heterocycles. The SMILES string of the molecule is Cc1cnc(CN(C)C(=O)NCc2nc(C(C)C)no2)[nH]1. The Kier molecular flexibility index (Phi) is 4.56. The third kappa shape index (κ3) is 4.04. The van der Waals surface area contributed by atoms with Gasteiger partial charge in [0.1, 0.15) is 5.82 Å². The maximum absolute atomic E-state index is 12.0. The minimum absolute atomic E-state index is 0.197. The Hall–Kier alpha value is -2.38. The second kappa shape index (κ2) is 6.38. The molecule has 0 saturated heterocycles. The standard InChI is InChI=1S/C13H20N6O2/c1-8(2)12-17-11(21-18-12)6-15-13(20)19(4)7-10-14-5-9(3)16-10/h5,8H,6-7H2,1-4H3,(H,14,16)(H,15,20). The highest BCUT2D eigenvalue weighted by Crippen LogP contribution is 2.09. The summed E-state index contributed by atoms with van der Waals surface area (Å²) in [7, 11) is 1.69. The number of nitrogens with one attached hydrogen (secondary N) is 2. The monoisotopic (exact) mass is 292 g/mol. The van der Waals surface area contributed by atoms with Gasteiger partial charge in [-0.3, -0.25) is 0 Å². The molecule has 114 valence electrons. The van der Waals surface area contributed by atoms with E-state index in [1.165, 1.54) is 4.90 Å². The molecule has 21 heavy (non-hydrogen) atoms. The van der Waals surface area contributed by atoms with Crippen molar-refractivity contribution in [2.75, 3.05) is 7.05 Å². The lowest BCUT2D eigenvalue weighted by Crippen LogP contribution is -2.36. The highest BCUT2D eigenvalue weighted by Gasteiger charge is 2.13. The Balaban J connectivity index is 1.83. The van der Waals surface area contributed by atoms with Gasteiger partial charge in [-0.05, 0) is 6.92 Å². The fourth-order valence-electron chi connectivity index (χ4n) is 1.70. The van der Waals surface area contributed by atoms with Gasteiger partial charge < -0.3 is 19.7 Å². The molecular weight excluding hydrogens is 272 g/mol. The molecule has 0 spiro atoms. The van der Waals surface area contributed by atoms with Gasteiger partial charge in [-0.25, -0.2) is 9.78 Å². The minimum atomic E-state index is -0.228. The summed E-state index contributed by atoms with van der Waals surface area (Å²) in [5.41, 5.74) is 0.964. The lowest BCUT2D eigenvalue weighted by Gasteiger charge is -2.15. The van der Waals surface area contributed by atoms with Crippen molar-refractivity contribution in [3.63, 3.8) is 0 Å². The van der Waals surface area contributed by atoms with Crippen LogP contribution in [0.15, 0.2) is 10.7 Å².